The molecule has 2 aliphatic rings. The average molecular weight is 618 g/mol. The fourth-order valence-electron chi connectivity index (χ4n) is 6.03. The third-order valence-electron chi connectivity index (χ3n) is 8.10. The monoisotopic (exact) mass is 617 g/mol. The molecule has 1 saturated heterocycles. The molecule has 0 bridgehead atoms. The standard InChI is InChI=1S/C32H48IN3O/c1-27(33)24-36(31-17-21-35(22-18-31)25-29-9-4-2-5-10-29)20-8-19-34-23-28-13-15-32(16-14-28)37-26-30-11-6-3-7-12-30/h3,6-7,11-16,27,29,31,34H,2,4-5,8-10,17-26H2,1H3. The molecule has 4 nitrogen and oxygen atoms in total. The zero-order valence-electron chi connectivity index (χ0n) is 22.9. The molecule has 0 radical (unpaired) electrons. The molecule has 1 unspecified atom stereocenters. The summed E-state index contributed by atoms with van der Waals surface area (Å²) in [6.45, 7) is 11.4. The van der Waals surface area contributed by atoms with Crippen molar-refractivity contribution >= 4 is 22.6 Å². The van der Waals surface area contributed by atoms with Crippen molar-refractivity contribution in [2.75, 3.05) is 39.3 Å². The lowest BCUT2D eigenvalue weighted by molar-refractivity contribution is 0.0942. The van der Waals surface area contributed by atoms with Crippen molar-refractivity contribution in [1.82, 2.24) is 15.1 Å². The minimum atomic E-state index is 0.615. The first-order chi connectivity index (χ1) is 18.2. The highest BCUT2D eigenvalue weighted by Gasteiger charge is 2.26. The Bertz CT molecular complexity index is 861. The van der Waals surface area contributed by atoms with Gasteiger partial charge in [0.25, 0.3) is 0 Å². The number of benzene rings is 2. The summed E-state index contributed by atoms with van der Waals surface area (Å²) in [5.74, 6) is 1.90. The number of rotatable bonds is 14. The van der Waals surface area contributed by atoms with Crippen LogP contribution in [0.3, 0.4) is 0 Å². The van der Waals surface area contributed by atoms with Gasteiger partial charge in [-0.2, -0.15) is 0 Å². The summed E-state index contributed by atoms with van der Waals surface area (Å²) in [6.07, 6.45) is 11.2. The van der Waals surface area contributed by atoms with Crippen LogP contribution in [0.15, 0.2) is 54.6 Å². The summed E-state index contributed by atoms with van der Waals surface area (Å²) in [4.78, 5) is 5.58. The first kappa shape index (κ1) is 28.8. The van der Waals surface area contributed by atoms with E-state index >= 15 is 0 Å². The maximum absolute atomic E-state index is 5.92. The number of likely N-dealkylation sites (tertiary alicyclic amines) is 1. The molecule has 4 rings (SSSR count). The molecule has 37 heavy (non-hydrogen) atoms. The van der Waals surface area contributed by atoms with Crippen LogP contribution in [-0.2, 0) is 13.2 Å². The first-order valence-corrected chi connectivity index (χ1v) is 16.0. The van der Waals surface area contributed by atoms with Crippen molar-refractivity contribution in [2.45, 2.75) is 81.4 Å². The van der Waals surface area contributed by atoms with Crippen LogP contribution in [0.4, 0.5) is 0 Å². The fourth-order valence-corrected chi connectivity index (χ4v) is 6.54. The van der Waals surface area contributed by atoms with Gasteiger partial charge < -0.3 is 15.0 Å². The molecule has 0 aromatic heterocycles. The zero-order valence-corrected chi connectivity index (χ0v) is 25.1. The van der Waals surface area contributed by atoms with Gasteiger partial charge in [-0.3, -0.25) is 4.90 Å². The highest BCUT2D eigenvalue weighted by Crippen LogP contribution is 2.26. The second-order valence-electron chi connectivity index (χ2n) is 11.3. The Morgan fingerprint density at radius 2 is 1.68 bits per heavy atom. The number of nitrogens with zero attached hydrogens (tertiary/aromatic N) is 2. The molecular formula is C32H48IN3O. The molecule has 1 saturated carbocycles. The molecule has 1 heterocycles. The molecule has 1 aliphatic carbocycles. The van der Waals surface area contributed by atoms with E-state index in [-0.39, 0.29) is 0 Å². The number of hydrogen-bond acceptors (Lipinski definition) is 4. The van der Waals surface area contributed by atoms with Crippen LogP contribution >= 0.6 is 22.6 Å². The SMILES string of the molecule is CC(I)CN(CCCNCc1ccc(OCc2ccccc2)cc1)C1CCN(CC2CCCCC2)CC1. The van der Waals surface area contributed by atoms with E-state index in [4.69, 9.17) is 4.74 Å². The van der Waals surface area contributed by atoms with Gasteiger partial charge in [0.15, 0.2) is 0 Å². The van der Waals surface area contributed by atoms with Gasteiger partial charge in [-0.05, 0) is 87.5 Å². The maximum atomic E-state index is 5.92. The zero-order chi connectivity index (χ0) is 25.7. The normalized spacial score (nSPS) is 18.8. The second-order valence-corrected chi connectivity index (χ2v) is 13.4. The molecule has 2 fully saturated rings. The van der Waals surface area contributed by atoms with Gasteiger partial charge in [-0.15, -0.1) is 0 Å². The van der Waals surface area contributed by atoms with Crippen molar-refractivity contribution in [3.63, 3.8) is 0 Å². The van der Waals surface area contributed by atoms with Crippen LogP contribution in [0.1, 0.15) is 69.4 Å². The number of piperidine rings is 1. The van der Waals surface area contributed by atoms with E-state index in [1.54, 1.807) is 0 Å². The predicted octanol–water partition coefficient (Wildman–Crippen LogP) is 6.92. The van der Waals surface area contributed by atoms with Crippen molar-refractivity contribution in [1.29, 1.82) is 0 Å². The van der Waals surface area contributed by atoms with Crippen LogP contribution in [-0.4, -0.2) is 59.0 Å². The fraction of sp³-hybridized carbons (Fsp3) is 0.625. The molecule has 5 heteroatoms. The van der Waals surface area contributed by atoms with Crippen molar-refractivity contribution < 1.29 is 4.74 Å². The van der Waals surface area contributed by atoms with Gasteiger partial charge in [0.2, 0.25) is 0 Å². The Morgan fingerprint density at radius 3 is 2.38 bits per heavy atom. The first-order valence-electron chi connectivity index (χ1n) is 14.7. The van der Waals surface area contributed by atoms with Gasteiger partial charge >= 0.3 is 0 Å². The lowest BCUT2D eigenvalue weighted by atomic mass is 9.88. The molecule has 1 N–H and O–H groups in total. The Labute approximate surface area is 239 Å². The minimum Gasteiger partial charge on any atom is -0.489 e. The van der Waals surface area contributed by atoms with E-state index in [0.717, 1.165) is 30.8 Å². The molecule has 2 aromatic carbocycles. The molecule has 2 aromatic rings. The Morgan fingerprint density at radius 1 is 0.946 bits per heavy atom. The third-order valence-corrected chi connectivity index (χ3v) is 8.49. The van der Waals surface area contributed by atoms with Gasteiger partial charge in [0.05, 0.1) is 0 Å². The number of hydrogen-bond donors (Lipinski definition) is 1. The van der Waals surface area contributed by atoms with E-state index in [0.29, 0.717) is 10.5 Å². The average Bonchev–Trinajstić information content (AvgIpc) is 2.93. The summed E-state index contributed by atoms with van der Waals surface area (Å²) < 4.78 is 6.62. The second kappa shape index (κ2) is 16.1. The Kier molecular flexibility index (Phi) is 12.5. The van der Waals surface area contributed by atoms with Crippen LogP contribution in [0.25, 0.3) is 0 Å². The van der Waals surface area contributed by atoms with Crippen molar-refractivity contribution in [2.24, 2.45) is 5.92 Å². The van der Waals surface area contributed by atoms with Crippen molar-refractivity contribution in [3.05, 3.63) is 65.7 Å². The summed E-state index contributed by atoms with van der Waals surface area (Å²) in [7, 11) is 0. The van der Waals surface area contributed by atoms with Crippen LogP contribution in [0.5, 0.6) is 5.75 Å². The number of ether oxygens (including phenoxy) is 1. The van der Waals surface area contributed by atoms with E-state index < -0.39 is 0 Å². The summed E-state index contributed by atoms with van der Waals surface area (Å²) >= 11 is 2.60. The highest BCUT2D eigenvalue weighted by atomic mass is 127. The summed E-state index contributed by atoms with van der Waals surface area (Å²) in [5.41, 5.74) is 2.51. The lowest BCUT2D eigenvalue weighted by Crippen LogP contribution is -2.48. The quantitative estimate of drug-likeness (QED) is 0.142. The molecule has 204 valence electrons. The van der Waals surface area contributed by atoms with E-state index in [1.807, 2.05) is 6.07 Å². The van der Waals surface area contributed by atoms with Crippen molar-refractivity contribution in [3.8, 4) is 5.75 Å². The van der Waals surface area contributed by atoms with Crippen LogP contribution in [0.2, 0.25) is 0 Å². The summed E-state index contributed by atoms with van der Waals surface area (Å²) in [5, 5.41) is 3.67. The molecule has 0 amide bonds. The lowest BCUT2D eigenvalue weighted by Gasteiger charge is -2.40. The van der Waals surface area contributed by atoms with Gasteiger partial charge in [-0.25, -0.2) is 0 Å². The molecular weight excluding hydrogens is 569 g/mol. The smallest absolute Gasteiger partial charge is 0.119 e. The van der Waals surface area contributed by atoms with E-state index in [2.05, 4.69) is 93.2 Å². The number of alkyl halides is 1. The topological polar surface area (TPSA) is 27.7 Å². The van der Waals surface area contributed by atoms with Crippen LogP contribution in [0, 0.1) is 5.92 Å². The number of nitrogens with one attached hydrogen (secondary N) is 1. The van der Waals surface area contributed by atoms with Crippen LogP contribution < -0.4 is 10.1 Å². The van der Waals surface area contributed by atoms with E-state index in [9.17, 15) is 0 Å². The predicted molar refractivity (Wildman–Crippen MR) is 165 cm³/mol. The summed E-state index contributed by atoms with van der Waals surface area (Å²) in [6, 6.07) is 19.6. The third kappa shape index (κ3) is 10.5. The molecule has 1 aliphatic heterocycles. The van der Waals surface area contributed by atoms with Gasteiger partial charge in [0, 0.05) is 29.6 Å². The number of halogens is 1. The highest BCUT2D eigenvalue weighted by molar-refractivity contribution is 14.1. The largest absolute Gasteiger partial charge is 0.489 e. The Hall–Kier alpha value is -1.15. The maximum Gasteiger partial charge on any atom is 0.119 e. The van der Waals surface area contributed by atoms with Gasteiger partial charge in [0.1, 0.15) is 12.4 Å². The van der Waals surface area contributed by atoms with E-state index in [1.165, 1.54) is 95.2 Å². The van der Waals surface area contributed by atoms with Gasteiger partial charge in [-0.1, -0.05) is 91.2 Å². The Balaban J connectivity index is 1.12. The molecule has 0 spiro atoms. The molecule has 1 atom stereocenters. The minimum absolute atomic E-state index is 0.615.